The maximum Gasteiger partial charge on any atom is 0.251 e. The number of nitrogens with zero attached hydrogens (tertiary/aromatic N) is 3. The fourth-order valence-electron chi connectivity index (χ4n) is 3.23. The summed E-state index contributed by atoms with van der Waals surface area (Å²) in [5.41, 5.74) is 3.31. The lowest BCUT2D eigenvalue weighted by Crippen LogP contribution is -2.33. The molecule has 0 saturated carbocycles. The molecule has 1 heterocycles. The molecule has 1 aromatic heterocycles. The molecule has 1 atom stereocenters. The zero-order chi connectivity index (χ0) is 24.1. The molecule has 0 aliphatic carbocycles. The van der Waals surface area contributed by atoms with Crippen molar-refractivity contribution in [2.45, 2.75) is 38.9 Å². The maximum atomic E-state index is 12.8. The number of carbonyl (C=O) groups excluding carboxylic acids is 2. The van der Waals surface area contributed by atoms with Crippen LogP contribution in [-0.4, -0.2) is 32.3 Å². The summed E-state index contributed by atoms with van der Waals surface area (Å²) in [6.45, 7) is 7.92. The zero-order valence-corrected chi connectivity index (χ0v) is 20.9. The standard InChI is InChI=1S/C24H28ClN5O2S/c1-14(2)21(27-23(32)17-9-6-15(3)7-10-17)22-28-29-24(30(22)5)33-13-20(31)26-19-12-18(25)11-8-16(19)4/h6-12,14,21H,13H2,1-5H3,(H,26,31)(H,27,32)/t21-/m1/s1. The quantitative estimate of drug-likeness (QED) is 0.441. The molecule has 7 nitrogen and oxygen atoms in total. The van der Waals surface area contributed by atoms with Gasteiger partial charge in [-0.2, -0.15) is 0 Å². The second-order valence-corrected chi connectivity index (χ2v) is 9.64. The first-order chi connectivity index (χ1) is 15.7. The number of nitrogens with one attached hydrogen (secondary N) is 2. The number of hydrogen-bond acceptors (Lipinski definition) is 5. The van der Waals surface area contributed by atoms with Crippen LogP contribution < -0.4 is 10.6 Å². The molecule has 0 bridgehead atoms. The minimum absolute atomic E-state index is 0.0919. The molecule has 0 aliphatic heterocycles. The summed E-state index contributed by atoms with van der Waals surface area (Å²) in [4.78, 5) is 25.2. The van der Waals surface area contributed by atoms with Crippen molar-refractivity contribution in [3.8, 4) is 0 Å². The fourth-order valence-corrected chi connectivity index (χ4v) is 4.12. The molecule has 33 heavy (non-hydrogen) atoms. The number of halogens is 1. The smallest absolute Gasteiger partial charge is 0.251 e. The van der Waals surface area contributed by atoms with E-state index in [0.29, 0.717) is 27.3 Å². The number of aryl methyl sites for hydroxylation is 2. The van der Waals surface area contributed by atoms with Gasteiger partial charge in [-0.25, -0.2) is 0 Å². The summed E-state index contributed by atoms with van der Waals surface area (Å²) in [7, 11) is 1.84. The summed E-state index contributed by atoms with van der Waals surface area (Å²) in [5, 5.41) is 15.7. The van der Waals surface area contributed by atoms with E-state index in [1.54, 1.807) is 24.3 Å². The molecular formula is C24H28ClN5O2S. The van der Waals surface area contributed by atoms with Crippen molar-refractivity contribution >= 4 is 40.9 Å². The maximum absolute atomic E-state index is 12.8. The van der Waals surface area contributed by atoms with Gasteiger partial charge in [0.25, 0.3) is 5.91 Å². The van der Waals surface area contributed by atoms with Gasteiger partial charge >= 0.3 is 0 Å². The van der Waals surface area contributed by atoms with Crippen molar-refractivity contribution in [2.24, 2.45) is 13.0 Å². The Kier molecular flexibility index (Phi) is 8.15. The molecule has 2 N–H and O–H groups in total. The van der Waals surface area contributed by atoms with Crippen molar-refractivity contribution < 1.29 is 9.59 Å². The zero-order valence-electron chi connectivity index (χ0n) is 19.3. The average molecular weight is 486 g/mol. The lowest BCUT2D eigenvalue weighted by molar-refractivity contribution is -0.113. The van der Waals surface area contributed by atoms with Crippen LogP contribution in [0.2, 0.25) is 5.02 Å². The van der Waals surface area contributed by atoms with Crippen molar-refractivity contribution in [3.63, 3.8) is 0 Å². The van der Waals surface area contributed by atoms with Crippen LogP contribution in [0.15, 0.2) is 47.6 Å². The van der Waals surface area contributed by atoms with E-state index in [0.717, 1.165) is 11.1 Å². The third-order valence-corrected chi connectivity index (χ3v) is 6.48. The summed E-state index contributed by atoms with van der Waals surface area (Å²) < 4.78 is 1.82. The number of benzene rings is 2. The van der Waals surface area contributed by atoms with Gasteiger partial charge in [0, 0.05) is 23.3 Å². The van der Waals surface area contributed by atoms with Crippen LogP contribution in [0.3, 0.4) is 0 Å². The number of amides is 2. The van der Waals surface area contributed by atoms with Crippen LogP contribution in [0, 0.1) is 19.8 Å². The van der Waals surface area contributed by atoms with E-state index in [-0.39, 0.29) is 29.5 Å². The molecule has 0 aliphatic rings. The first kappa shape index (κ1) is 24.8. The second-order valence-electron chi connectivity index (χ2n) is 8.26. The molecule has 174 valence electrons. The number of hydrogen-bond donors (Lipinski definition) is 2. The van der Waals surface area contributed by atoms with Gasteiger partial charge < -0.3 is 15.2 Å². The van der Waals surface area contributed by atoms with E-state index >= 15 is 0 Å². The Bertz CT molecular complexity index is 1140. The average Bonchev–Trinajstić information content (AvgIpc) is 3.13. The van der Waals surface area contributed by atoms with Gasteiger partial charge in [-0.05, 0) is 49.6 Å². The molecule has 0 fully saturated rings. The van der Waals surface area contributed by atoms with Gasteiger partial charge in [0.2, 0.25) is 5.91 Å². The topological polar surface area (TPSA) is 88.9 Å². The number of anilines is 1. The summed E-state index contributed by atoms with van der Waals surface area (Å²) in [6.07, 6.45) is 0. The van der Waals surface area contributed by atoms with Gasteiger partial charge in [-0.1, -0.05) is 61.0 Å². The highest BCUT2D eigenvalue weighted by atomic mass is 35.5. The largest absolute Gasteiger partial charge is 0.342 e. The van der Waals surface area contributed by atoms with Crippen molar-refractivity contribution in [2.75, 3.05) is 11.1 Å². The van der Waals surface area contributed by atoms with Gasteiger partial charge in [-0.15, -0.1) is 10.2 Å². The van der Waals surface area contributed by atoms with Crippen LogP contribution in [-0.2, 0) is 11.8 Å². The van der Waals surface area contributed by atoms with Crippen LogP contribution >= 0.6 is 23.4 Å². The van der Waals surface area contributed by atoms with Crippen molar-refractivity contribution in [1.29, 1.82) is 0 Å². The molecule has 2 amide bonds. The highest BCUT2D eigenvalue weighted by molar-refractivity contribution is 7.99. The molecule has 2 aromatic carbocycles. The first-order valence-electron chi connectivity index (χ1n) is 10.6. The highest BCUT2D eigenvalue weighted by Gasteiger charge is 2.25. The minimum atomic E-state index is -0.325. The van der Waals surface area contributed by atoms with E-state index in [4.69, 9.17) is 11.6 Å². The van der Waals surface area contributed by atoms with E-state index in [9.17, 15) is 9.59 Å². The third-order valence-electron chi connectivity index (χ3n) is 5.22. The lowest BCUT2D eigenvalue weighted by Gasteiger charge is -2.21. The number of carbonyl (C=O) groups is 2. The summed E-state index contributed by atoms with van der Waals surface area (Å²) >= 11 is 7.31. The van der Waals surface area contributed by atoms with Gasteiger partial charge in [0.05, 0.1) is 11.8 Å². The normalized spacial score (nSPS) is 12.0. The molecular weight excluding hydrogens is 458 g/mol. The Morgan fingerprint density at radius 3 is 2.45 bits per heavy atom. The van der Waals surface area contributed by atoms with Gasteiger partial charge in [0.1, 0.15) is 0 Å². The van der Waals surface area contributed by atoms with E-state index in [1.165, 1.54) is 11.8 Å². The van der Waals surface area contributed by atoms with Crippen LogP contribution in [0.25, 0.3) is 0 Å². The fraction of sp³-hybridized carbons (Fsp3) is 0.333. The Morgan fingerprint density at radius 2 is 1.79 bits per heavy atom. The number of aromatic nitrogens is 3. The molecule has 0 spiro atoms. The van der Waals surface area contributed by atoms with Crippen LogP contribution in [0.4, 0.5) is 5.69 Å². The molecule has 3 rings (SSSR count). The Morgan fingerprint density at radius 1 is 1.09 bits per heavy atom. The molecule has 0 saturated heterocycles. The molecule has 3 aromatic rings. The van der Waals surface area contributed by atoms with E-state index in [2.05, 4.69) is 20.8 Å². The number of rotatable bonds is 8. The first-order valence-corrected chi connectivity index (χ1v) is 12.0. The van der Waals surface area contributed by atoms with Crippen LogP contribution in [0.1, 0.15) is 47.2 Å². The summed E-state index contributed by atoms with van der Waals surface area (Å²) in [6, 6.07) is 12.5. The highest BCUT2D eigenvalue weighted by Crippen LogP contribution is 2.25. The Labute approximate surface area is 203 Å². The Balaban J connectivity index is 1.67. The molecule has 9 heteroatoms. The van der Waals surface area contributed by atoms with Gasteiger partial charge in [0.15, 0.2) is 11.0 Å². The predicted octanol–water partition coefficient (Wildman–Crippen LogP) is 4.94. The SMILES string of the molecule is Cc1ccc(C(=O)N[C@@H](c2nnc(SCC(=O)Nc3cc(Cl)ccc3C)n2C)C(C)C)cc1. The van der Waals surface area contributed by atoms with Crippen molar-refractivity contribution in [1.82, 2.24) is 20.1 Å². The molecule has 0 radical (unpaired) electrons. The second kappa shape index (κ2) is 10.9. The van der Waals surface area contributed by atoms with E-state index < -0.39 is 0 Å². The predicted molar refractivity (Wildman–Crippen MR) is 133 cm³/mol. The monoisotopic (exact) mass is 485 g/mol. The third kappa shape index (κ3) is 6.36. The summed E-state index contributed by atoms with van der Waals surface area (Å²) in [5.74, 6) is 0.568. The minimum Gasteiger partial charge on any atom is -0.342 e. The van der Waals surface area contributed by atoms with Crippen LogP contribution in [0.5, 0.6) is 0 Å². The van der Waals surface area contributed by atoms with Gasteiger partial charge in [-0.3, -0.25) is 9.59 Å². The molecule has 0 unspecified atom stereocenters. The van der Waals surface area contributed by atoms with Crippen molar-refractivity contribution in [3.05, 3.63) is 70.0 Å². The number of thioether (sulfide) groups is 1. The lowest BCUT2D eigenvalue weighted by atomic mass is 10.0. The Hall–Kier alpha value is -2.84. The van der Waals surface area contributed by atoms with E-state index in [1.807, 2.05) is 57.5 Å².